The number of nitrogens with two attached hydrogens (primary N) is 1. The molecule has 1 saturated carbocycles. The highest BCUT2D eigenvalue weighted by molar-refractivity contribution is 5.87. The quantitative estimate of drug-likeness (QED) is 0.843. The number of hydrogen-bond donors (Lipinski definition) is 2. The Hall–Kier alpha value is -1.38. The topological polar surface area (TPSA) is 46.2 Å². The number of aliphatic hydroxyl groups is 1. The number of rotatable bonds is 3. The predicted molar refractivity (Wildman–Crippen MR) is 69.9 cm³/mol. The maximum absolute atomic E-state index is 9.35. The van der Waals surface area contributed by atoms with Crippen LogP contribution in [0, 0.1) is 5.92 Å². The van der Waals surface area contributed by atoms with E-state index in [0.29, 0.717) is 12.5 Å². The fourth-order valence-corrected chi connectivity index (χ4v) is 2.97. The van der Waals surface area contributed by atoms with Gasteiger partial charge in [-0.1, -0.05) is 42.5 Å². The highest BCUT2D eigenvalue weighted by Crippen LogP contribution is 2.54. The van der Waals surface area contributed by atoms with Crippen LogP contribution in [0.2, 0.25) is 0 Å². The fourth-order valence-electron chi connectivity index (χ4n) is 2.97. The van der Waals surface area contributed by atoms with Crippen molar-refractivity contribution in [2.75, 3.05) is 13.2 Å². The summed E-state index contributed by atoms with van der Waals surface area (Å²) >= 11 is 0. The Balaban J connectivity index is 2.18. The van der Waals surface area contributed by atoms with Gasteiger partial charge in [0, 0.05) is 18.6 Å². The molecule has 0 bridgehead atoms. The van der Waals surface area contributed by atoms with Crippen LogP contribution in [-0.2, 0) is 5.41 Å². The third-order valence-electron chi connectivity index (χ3n) is 4.14. The van der Waals surface area contributed by atoms with Gasteiger partial charge in [-0.2, -0.15) is 0 Å². The molecule has 0 aliphatic heterocycles. The van der Waals surface area contributed by atoms with Gasteiger partial charge >= 0.3 is 0 Å². The van der Waals surface area contributed by atoms with Crippen molar-refractivity contribution in [2.24, 2.45) is 11.7 Å². The van der Waals surface area contributed by atoms with Crippen LogP contribution in [0.3, 0.4) is 0 Å². The Morgan fingerprint density at radius 2 is 1.94 bits per heavy atom. The molecule has 88 valence electrons. The van der Waals surface area contributed by atoms with E-state index >= 15 is 0 Å². The van der Waals surface area contributed by atoms with Gasteiger partial charge in [-0.05, 0) is 28.7 Å². The standard InChI is InChI=1S/C15H17NO/c16-10-15(8-12(15)9-17)14-7-3-5-11-4-1-2-6-13(11)14/h1-7,12,17H,8-10,16H2/t12-,15?/m1/s1. The second kappa shape index (κ2) is 3.83. The second-order valence-electron chi connectivity index (χ2n) is 4.97. The molecule has 0 saturated heterocycles. The average Bonchev–Trinajstić information content (AvgIpc) is 3.13. The van der Waals surface area contributed by atoms with Crippen molar-refractivity contribution in [3.8, 4) is 0 Å². The van der Waals surface area contributed by atoms with Crippen molar-refractivity contribution in [2.45, 2.75) is 11.8 Å². The first-order chi connectivity index (χ1) is 8.31. The van der Waals surface area contributed by atoms with Crippen LogP contribution in [0.15, 0.2) is 42.5 Å². The van der Waals surface area contributed by atoms with E-state index in [-0.39, 0.29) is 12.0 Å². The summed E-state index contributed by atoms with van der Waals surface area (Å²) in [5, 5.41) is 11.9. The molecule has 0 radical (unpaired) electrons. The van der Waals surface area contributed by atoms with Crippen molar-refractivity contribution >= 4 is 10.8 Å². The summed E-state index contributed by atoms with van der Waals surface area (Å²) in [6, 6.07) is 14.8. The molecule has 1 unspecified atom stereocenters. The first-order valence-electron chi connectivity index (χ1n) is 6.11. The molecule has 0 heterocycles. The summed E-state index contributed by atoms with van der Waals surface area (Å²) in [6.07, 6.45) is 1.01. The van der Waals surface area contributed by atoms with Gasteiger partial charge in [-0.25, -0.2) is 0 Å². The third kappa shape index (κ3) is 1.48. The van der Waals surface area contributed by atoms with Crippen molar-refractivity contribution in [1.29, 1.82) is 0 Å². The minimum absolute atomic E-state index is 0.00954. The molecule has 3 rings (SSSR count). The molecule has 1 aliphatic rings. The highest BCUT2D eigenvalue weighted by atomic mass is 16.3. The molecule has 1 aliphatic carbocycles. The maximum atomic E-state index is 9.35. The van der Waals surface area contributed by atoms with Crippen molar-refractivity contribution in [1.82, 2.24) is 0 Å². The van der Waals surface area contributed by atoms with Gasteiger partial charge < -0.3 is 10.8 Å². The number of fused-ring (bicyclic) bond motifs is 1. The van der Waals surface area contributed by atoms with Gasteiger partial charge in [-0.3, -0.25) is 0 Å². The van der Waals surface area contributed by atoms with Crippen molar-refractivity contribution in [3.05, 3.63) is 48.0 Å². The largest absolute Gasteiger partial charge is 0.396 e. The Morgan fingerprint density at radius 3 is 2.65 bits per heavy atom. The van der Waals surface area contributed by atoms with Crippen LogP contribution in [0.25, 0.3) is 10.8 Å². The SMILES string of the molecule is NCC1(c2cccc3ccccc23)C[C@@H]1CO. The Kier molecular flexibility index (Phi) is 2.42. The Morgan fingerprint density at radius 1 is 1.18 bits per heavy atom. The maximum Gasteiger partial charge on any atom is 0.0468 e. The molecular weight excluding hydrogens is 210 g/mol. The predicted octanol–water partition coefficient (Wildman–Crippen LogP) is 2.05. The zero-order valence-corrected chi connectivity index (χ0v) is 9.76. The molecule has 0 spiro atoms. The molecule has 3 N–H and O–H groups in total. The van der Waals surface area contributed by atoms with Crippen molar-refractivity contribution < 1.29 is 5.11 Å². The van der Waals surface area contributed by atoms with Crippen LogP contribution < -0.4 is 5.73 Å². The highest BCUT2D eigenvalue weighted by Gasteiger charge is 2.54. The molecule has 1 fully saturated rings. The smallest absolute Gasteiger partial charge is 0.0468 e. The van der Waals surface area contributed by atoms with Gasteiger partial charge in [0.1, 0.15) is 0 Å². The molecule has 2 nitrogen and oxygen atoms in total. The minimum atomic E-state index is 0.00954. The molecule has 0 amide bonds. The summed E-state index contributed by atoms with van der Waals surface area (Å²) in [5.41, 5.74) is 7.26. The average molecular weight is 227 g/mol. The first kappa shape index (κ1) is 10.8. The first-order valence-corrected chi connectivity index (χ1v) is 6.11. The van der Waals surface area contributed by atoms with E-state index in [1.165, 1.54) is 16.3 Å². The molecule has 2 heteroatoms. The zero-order valence-electron chi connectivity index (χ0n) is 9.76. The van der Waals surface area contributed by atoms with E-state index in [4.69, 9.17) is 5.73 Å². The van der Waals surface area contributed by atoms with Crippen LogP contribution >= 0.6 is 0 Å². The lowest BCUT2D eigenvalue weighted by Crippen LogP contribution is -2.23. The lowest BCUT2D eigenvalue weighted by atomic mass is 9.89. The summed E-state index contributed by atoms with van der Waals surface area (Å²) < 4.78 is 0. The van der Waals surface area contributed by atoms with Gasteiger partial charge in [0.15, 0.2) is 0 Å². The van der Waals surface area contributed by atoms with E-state index < -0.39 is 0 Å². The van der Waals surface area contributed by atoms with Gasteiger partial charge in [0.05, 0.1) is 0 Å². The molecule has 0 aromatic heterocycles. The third-order valence-corrected chi connectivity index (χ3v) is 4.14. The summed E-state index contributed by atoms with van der Waals surface area (Å²) in [7, 11) is 0. The van der Waals surface area contributed by atoms with Crippen LogP contribution in [0.4, 0.5) is 0 Å². The number of aliphatic hydroxyl groups excluding tert-OH is 1. The Labute approximate surface area is 101 Å². The summed E-state index contributed by atoms with van der Waals surface area (Å²) in [4.78, 5) is 0. The van der Waals surface area contributed by atoms with E-state index in [9.17, 15) is 5.11 Å². The Bertz CT molecular complexity index is 546. The fraction of sp³-hybridized carbons (Fsp3) is 0.333. The lowest BCUT2D eigenvalue weighted by molar-refractivity contribution is 0.264. The second-order valence-corrected chi connectivity index (χ2v) is 4.97. The van der Waals surface area contributed by atoms with Crippen molar-refractivity contribution in [3.63, 3.8) is 0 Å². The normalized spacial score (nSPS) is 27.3. The molecule has 17 heavy (non-hydrogen) atoms. The van der Waals surface area contributed by atoms with Crippen LogP contribution in [0.5, 0.6) is 0 Å². The van der Waals surface area contributed by atoms with Gasteiger partial charge in [-0.15, -0.1) is 0 Å². The number of hydrogen-bond acceptors (Lipinski definition) is 2. The zero-order chi connectivity index (χ0) is 11.9. The van der Waals surface area contributed by atoms with E-state index in [0.717, 1.165) is 6.42 Å². The van der Waals surface area contributed by atoms with Crippen LogP contribution in [0.1, 0.15) is 12.0 Å². The van der Waals surface area contributed by atoms with E-state index in [2.05, 4.69) is 42.5 Å². The molecule has 2 aromatic carbocycles. The van der Waals surface area contributed by atoms with Crippen LogP contribution in [-0.4, -0.2) is 18.3 Å². The molecule has 2 atom stereocenters. The summed E-state index contributed by atoms with van der Waals surface area (Å²) in [5.74, 6) is 0.332. The van der Waals surface area contributed by atoms with Gasteiger partial charge in [0.2, 0.25) is 0 Å². The number of benzene rings is 2. The molecule has 2 aromatic rings. The monoisotopic (exact) mass is 227 g/mol. The van der Waals surface area contributed by atoms with Gasteiger partial charge in [0.25, 0.3) is 0 Å². The minimum Gasteiger partial charge on any atom is -0.396 e. The summed E-state index contributed by atoms with van der Waals surface area (Å²) in [6.45, 7) is 0.854. The molecular formula is C15H17NO. The lowest BCUT2D eigenvalue weighted by Gasteiger charge is -2.17. The van der Waals surface area contributed by atoms with E-state index in [1.807, 2.05) is 0 Å². The van der Waals surface area contributed by atoms with E-state index in [1.54, 1.807) is 0 Å².